The molecule has 76 valence electrons. The summed E-state index contributed by atoms with van der Waals surface area (Å²) in [6, 6.07) is 0. The van der Waals surface area contributed by atoms with Crippen LogP contribution in [0, 0.1) is 19.8 Å². The Morgan fingerprint density at radius 2 is 1.93 bits per heavy atom. The molecule has 0 saturated heterocycles. The zero-order chi connectivity index (χ0) is 10.9. The van der Waals surface area contributed by atoms with Crippen molar-refractivity contribution >= 4 is 12.1 Å². The van der Waals surface area contributed by atoms with Crippen LogP contribution < -0.4 is 0 Å². The summed E-state index contributed by atoms with van der Waals surface area (Å²) in [5.41, 5.74) is 2.70. The Labute approximate surface area is 83.5 Å². The van der Waals surface area contributed by atoms with E-state index in [9.17, 15) is 9.59 Å². The number of hydrogen-bond acceptors (Lipinski definition) is 2. The zero-order valence-corrected chi connectivity index (χ0v) is 8.97. The predicted molar refractivity (Wildman–Crippen MR) is 54.8 cm³/mol. The van der Waals surface area contributed by atoms with E-state index in [0.29, 0.717) is 11.3 Å². The van der Waals surface area contributed by atoms with Crippen LogP contribution in [0.2, 0.25) is 0 Å². The largest absolute Gasteiger partial charge is 0.355 e. The number of aryl methyl sites for hydroxylation is 1. The molecular weight excluding hydrogens is 178 g/mol. The zero-order valence-electron chi connectivity index (χ0n) is 8.97. The summed E-state index contributed by atoms with van der Waals surface area (Å²) in [6.45, 7) is 7.29. The van der Waals surface area contributed by atoms with Gasteiger partial charge < -0.3 is 4.98 Å². The molecule has 0 aliphatic heterocycles. The molecule has 0 spiro atoms. The van der Waals surface area contributed by atoms with Crippen molar-refractivity contribution in [3.05, 3.63) is 22.5 Å². The molecule has 1 rings (SSSR count). The van der Waals surface area contributed by atoms with Gasteiger partial charge in [0, 0.05) is 17.2 Å². The first-order valence-electron chi connectivity index (χ1n) is 4.67. The first-order valence-corrected chi connectivity index (χ1v) is 4.67. The molecule has 1 aromatic heterocycles. The molecule has 0 radical (unpaired) electrons. The number of aromatic nitrogens is 1. The third kappa shape index (κ3) is 1.62. The van der Waals surface area contributed by atoms with Gasteiger partial charge >= 0.3 is 0 Å². The maximum absolute atomic E-state index is 11.7. The van der Waals surface area contributed by atoms with Crippen LogP contribution in [0.3, 0.4) is 0 Å². The van der Waals surface area contributed by atoms with E-state index in [4.69, 9.17) is 0 Å². The van der Waals surface area contributed by atoms with Gasteiger partial charge in [0.05, 0.1) is 5.69 Å². The molecule has 0 bridgehead atoms. The molecule has 1 N–H and O–H groups in total. The number of nitrogens with one attached hydrogen (secondary N) is 1. The second-order valence-electron chi connectivity index (χ2n) is 3.80. The van der Waals surface area contributed by atoms with Crippen LogP contribution in [-0.4, -0.2) is 17.1 Å². The van der Waals surface area contributed by atoms with Crippen LogP contribution in [0.15, 0.2) is 0 Å². The van der Waals surface area contributed by atoms with Gasteiger partial charge in [-0.2, -0.15) is 0 Å². The Morgan fingerprint density at radius 1 is 1.36 bits per heavy atom. The van der Waals surface area contributed by atoms with Gasteiger partial charge in [0.25, 0.3) is 0 Å². The van der Waals surface area contributed by atoms with E-state index >= 15 is 0 Å². The van der Waals surface area contributed by atoms with E-state index in [0.717, 1.165) is 17.5 Å². The van der Waals surface area contributed by atoms with Gasteiger partial charge in [-0.05, 0) is 19.4 Å². The summed E-state index contributed by atoms with van der Waals surface area (Å²) in [4.78, 5) is 25.4. The Hall–Kier alpha value is -1.38. The molecule has 0 atom stereocenters. The molecular formula is C11H15NO2. The number of aromatic amines is 1. The van der Waals surface area contributed by atoms with E-state index < -0.39 is 0 Å². The maximum atomic E-state index is 11.7. The monoisotopic (exact) mass is 193 g/mol. The van der Waals surface area contributed by atoms with Crippen molar-refractivity contribution in [2.75, 3.05) is 0 Å². The molecule has 14 heavy (non-hydrogen) atoms. The predicted octanol–water partition coefficient (Wildman–Crippen LogP) is 2.28. The highest BCUT2D eigenvalue weighted by atomic mass is 16.1. The van der Waals surface area contributed by atoms with Crippen molar-refractivity contribution in [1.29, 1.82) is 0 Å². The highest BCUT2D eigenvalue weighted by Crippen LogP contribution is 2.18. The number of ketones is 1. The summed E-state index contributed by atoms with van der Waals surface area (Å²) in [5, 5.41) is 0. The normalized spacial score (nSPS) is 10.6. The molecule has 1 heterocycles. The molecule has 3 nitrogen and oxygen atoms in total. The van der Waals surface area contributed by atoms with E-state index in [1.54, 1.807) is 13.8 Å². The van der Waals surface area contributed by atoms with E-state index in [2.05, 4.69) is 4.98 Å². The third-order valence-corrected chi connectivity index (χ3v) is 2.38. The summed E-state index contributed by atoms with van der Waals surface area (Å²) >= 11 is 0. The van der Waals surface area contributed by atoms with Crippen LogP contribution >= 0.6 is 0 Å². The highest BCUT2D eigenvalue weighted by Gasteiger charge is 2.18. The van der Waals surface area contributed by atoms with Gasteiger partial charge in [-0.25, -0.2) is 0 Å². The number of rotatable bonds is 3. The Bertz CT molecular complexity index is 375. The van der Waals surface area contributed by atoms with E-state index in [-0.39, 0.29) is 11.7 Å². The number of hydrogen-bond donors (Lipinski definition) is 1. The molecule has 0 unspecified atom stereocenters. The number of H-pyrrole nitrogens is 1. The maximum Gasteiger partial charge on any atom is 0.181 e. The van der Waals surface area contributed by atoms with Gasteiger partial charge in [0.15, 0.2) is 12.1 Å². The average Bonchev–Trinajstić information content (AvgIpc) is 2.40. The van der Waals surface area contributed by atoms with Crippen LogP contribution in [-0.2, 0) is 0 Å². The summed E-state index contributed by atoms with van der Waals surface area (Å²) in [5.74, 6) is 0.00459. The summed E-state index contributed by atoms with van der Waals surface area (Å²) in [7, 11) is 0. The van der Waals surface area contributed by atoms with Crippen LogP contribution in [0.25, 0.3) is 0 Å². The van der Waals surface area contributed by atoms with Gasteiger partial charge in [0.2, 0.25) is 0 Å². The first kappa shape index (κ1) is 10.7. The first-order chi connectivity index (χ1) is 6.49. The molecule has 1 aromatic rings. The number of Topliss-reactive ketones (excluding diaryl/α,β-unsaturated/α-hetero) is 1. The molecule has 0 saturated carbocycles. The number of aldehydes is 1. The van der Waals surface area contributed by atoms with Gasteiger partial charge in [0.1, 0.15) is 0 Å². The second-order valence-corrected chi connectivity index (χ2v) is 3.80. The minimum Gasteiger partial charge on any atom is -0.355 e. The van der Waals surface area contributed by atoms with Crippen molar-refractivity contribution in [3.63, 3.8) is 0 Å². The molecule has 0 aliphatic carbocycles. The minimum atomic E-state index is -0.0498. The topological polar surface area (TPSA) is 49.9 Å². The molecule has 0 aliphatic rings. The standard InChI is InChI=1S/C11H15NO2/c1-6(2)11(14)10-7(3)9(5-13)8(4)12-10/h5-6,12H,1-4H3. The minimum absolute atomic E-state index is 0.0498. The third-order valence-electron chi connectivity index (χ3n) is 2.38. The average molecular weight is 193 g/mol. The fraction of sp³-hybridized carbons (Fsp3) is 0.455. The van der Waals surface area contributed by atoms with E-state index in [1.807, 2.05) is 13.8 Å². The lowest BCUT2D eigenvalue weighted by Crippen LogP contribution is -2.09. The summed E-state index contributed by atoms with van der Waals surface area (Å²) in [6.07, 6.45) is 0.790. The van der Waals surface area contributed by atoms with Crippen molar-refractivity contribution in [1.82, 2.24) is 4.98 Å². The lowest BCUT2D eigenvalue weighted by molar-refractivity contribution is 0.0934. The van der Waals surface area contributed by atoms with Crippen molar-refractivity contribution in [2.24, 2.45) is 5.92 Å². The molecule has 0 aromatic carbocycles. The van der Waals surface area contributed by atoms with Gasteiger partial charge in [-0.15, -0.1) is 0 Å². The van der Waals surface area contributed by atoms with Crippen molar-refractivity contribution < 1.29 is 9.59 Å². The molecule has 0 amide bonds. The fourth-order valence-electron chi connectivity index (χ4n) is 1.48. The molecule has 3 heteroatoms. The fourth-order valence-corrected chi connectivity index (χ4v) is 1.48. The van der Waals surface area contributed by atoms with Crippen molar-refractivity contribution in [2.45, 2.75) is 27.7 Å². The van der Waals surface area contributed by atoms with E-state index in [1.165, 1.54) is 0 Å². The lowest BCUT2D eigenvalue weighted by atomic mass is 10.0. The van der Waals surface area contributed by atoms with Gasteiger partial charge in [-0.1, -0.05) is 13.8 Å². The Balaban J connectivity index is 3.24. The smallest absolute Gasteiger partial charge is 0.181 e. The number of carbonyl (C=O) groups excluding carboxylic acids is 2. The SMILES string of the molecule is Cc1[nH]c(C(=O)C(C)C)c(C)c1C=O. The van der Waals surface area contributed by atoms with Crippen LogP contribution in [0.5, 0.6) is 0 Å². The quantitative estimate of drug-likeness (QED) is 0.591. The summed E-state index contributed by atoms with van der Waals surface area (Å²) < 4.78 is 0. The highest BCUT2D eigenvalue weighted by molar-refractivity contribution is 5.99. The Morgan fingerprint density at radius 3 is 2.29 bits per heavy atom. The number of carbonyl (C=O) groups is 2. The lowest BCUT2D eigenvalue weighted by Gasteiger charge is -2.02. The van der Waals surface area contributed by atoms with Gasteiger partial charge in [-0.3, -0.25) is 9.59 Å². The van der Waals surface area contributed by atoms with Crippen LogP contribution in [0.1, 0.15) is 46.0 Å². The Kier molecular flexibility index (Phi) is 2.89. The second kappa shape index (κ2) is 3.78. The van der Waals surface area contributed by atoms with Crippen molar-refractivity contribution in [3.8, 4) is 0 Å². The van der Waals surface area contributed by atoms with Crippen LogP contribution in [0.4, 0.5) is 0 Å². The molecule has 0 fully saturated rings.